The van der Waals surface area contributed by atoms with Crippen molar-refractivity contribution >= 4 is 11.6 Å². The number of carbonyl (C=O) groups excluding carboxylic acids is 1. The van der Waals surface area contributed by atoms with Crippen LogP contribution in [0.3, 0.4) is 0 Å². The summed E-state index contributed by atoms with van der Waals surface area (Å²) < 4.78 is 39.6. The quantitative estimate of drug-likeness (QED) is 0.806. The second-order valence-corrected chi connectivity index (χ2v) is 3.41. The third-order valence-corrected chi connectivity index (χ3v) is 2.21. The van der Waals surface area contributed by atoms with Crippen molar-refractivity contribution < 1.29 is 22.7 Å². The number of halogens is 3. The number of anilines is 1. The van der Waals surface area contributed by atoms with Gasteiger partial charge >= 0.3 is 6.36 Å². The van der Waals surface area contributed by atoms with E-state index in [1.165, 1.54) is 18.2 Å². The molecule has 0 atom stereocenters. The monoisotopic (exact) mass is 231 g/mol. The molecular weight excluding hydrogens is 223 g/mol. The van der Waals surface area contributed by atoms with E-state index in [1.54, 1.807) is 0 Å². The second kappa shape index (κ2) is 3.70. The van der Waals surface area contributed by atoms with Crippen LogP contribution in [0.25, 0.3) is 0 Å². The molecule has 1 heterocycles. The Morgan fingerprint density at radius 1 is 1.25 bits per heavy atom. The van der Waals surface area contributed by atoms with Crippen LogP contribution in [0.2, 0.25) is 0 Å². The molecule has 0 saturated carbocycles. The summed E-state index contributed by atoms with van der Waals surface area (Å²) in [4.78, 5) is 11.0. The Bertz CT molecular complexity index is 429. The molecule has 1 aliphatic rings. The second-order valence-electron chi connectivity index (χ2n) is 3.41. The summed E-state index contributed by atoms with van der Waals surface area (Å²) in [6.45, 7) is 0. The van der Waals surface area contributed by atoms with Gasteiger partial charge < -0.3 is 10.1 Å². The first-order chi connectivity index (χ1) is 7.44. The van der Waals surface area contributed by atoms with Crippen molar-refractivity contribution in [3.05, 3.63) is 23.8 Å². The van der Waals surface area contributed by atoms with Gasteiger partial charge in [-0.1, -0.05) is 0 Å². The van der Waals surface area contributed by atoms with Crippen molar-refractivity contribution in [2.75, 3.05) is 5.32 Å². The topological polar surface area (TPSA) is 38.3 Å². The minimum Gasteiger partial charge on any atom is -0.406 e. The highest BCUT2D eigenvalue weighted by molar-refractivity contribution is 5.93. The fraction of sp³-hybridized carbons (Fsp3) is 0.300. The predicted octanol–water partition coefficient (Wildman–Crippen LogP) is 2.47. The summed E-state index contributed by atoms with van der Waals surface area (Å²) in [7, 11) is 0. The van der Waals surface area contributed by atoms with Crippen molar-refractivity contribution in [2.45, 2.75) is 19.2 Å². The van der Waals surface area contributed by atoms with Crippen LogP contribution in [0.1, 0.15) is 12.0 Å². The number of hydrogen-bond donors (Lipinski definition) is 1. The number of benzene rings is 1. The van der Waals surface area contributed by atoms with E-state index >= 15 is 0 Å². The number of hydrogen-bond acceptors (Lipinski definition) is 2. The Hall–Kier alpha value is -1.72. The average Bonchev–Trinajstić information content (AvgIpc) is 2.16. The number of amides is 1. The summed E-state index contributed by atoms with van der Waals surface area (Å²) in [6, 6.07) is 3.88. The van der Waals surface area contributed by atoms with Crippen molar-refractivity contribution in [3.63, 3.8) is 0 Å². The van der Waals surface area contributed by atoms with Gasteiger partial charge in [0.05, 0.1) is 0 Å². The van der Waals surface area contributed by atoms with Crippen LogP contribution in [0.15, 0.2) is 18.2 Å². The van der Waals surface area contributed by atoms with Gasteiger partial charge in [0.1, 0.15) is 5.75 Å². The third-order valence-electron chi connectivity index (χ3n) is 2.21. The molecule has 3 nitrogen and oxygen atoms in total. The van der Waals surface area contributed by atoms with Gasteiger partial charge in [-0.3, -0.25) is 4.79 Å². The fourth-order valence-corrected chi connectivity index (χ4v) is 1.56. The van der Waals surface area contributed by atoms with Crippen molar-refractivity contribution in [2.24, 2.45) is 0 Å². The number of alkyl halides is 3. The lowest BCUT2D eigenvalue weighted by Crippen LogP contribution is -2.20. The van der Waals surface area contributed by atoms with E-state index in [0.29, 0.717) is 17.7 Å². The Kier molecular flexibility index (Phi) is 2.49. The molecule has 0 spiro atoms. The van der Waals surface area contributed by atoms with Crippen LogP contribution in [-0.2, 0) is 11.2 Å². The van der Waals surface area contributed by atoms with E-state index in [0.717, 1.165) is 0 Å². The van der Waals surface area contributed by atoms with Gasteiger partial charge in [0.2, 0.25) is 5.91 Å². The molecule has 1 aromatic carbocycles. The van der Waals surface area contributed by atoms with Crippen LogP contribution in [-0.4, -0.2) is 12.3 Å². The summed E-state index contributed by atoms with van der Waals surface area (Å²) >= 11 is 0. The van der Waals surface area contributed by atoms with Crippen LogP contribution in [0.5, 0.6) is 5.75 Å². The maximum Gasteiger partial charge on any atom is 0.573 e. The molecule has 0 saturated heterocycles. The Morgan fingerprint density at radius 2 is 2.00 bits per heavy atom. The lowest BCUT2D eigenvalue weighted by molar-refractivity contribution is -0.274. The summed E-state index contributed by atoms with van der Waals surface area (Å²) in [5, 5.41) is 2.57. The maximum atomic E-state index is 11.9. The molecule has 0 fully saturated rings. The maximum absolute atomic E-state index is 11.9. The molecule has 1 aromatic rings. The first kappa shape index (κ1) is 10.8. The van der Waals surface area contributed by atoms with Gasteiger partial charge in [0.25, 0.3) is 0 Å². The molecule has 1 aliphatic heterocycles. The Labute approximate surface area is 89.2 Å². The van der Waals surface area contributed by atoms with Gasteiger partial charge in [-0.15, -0.1) is 13.2 Å². The Balaban J connectivity index is 2.23. The van der Waals surface area contributed by atoms with Gasteiger partial charge in [0.15, 0.2) is 0 Å². The summed E-state index contributed by atoms with van der Waals surface area (Å²) in [6.07, 6.45) is -3.98. The SMILES string of the molecule is O=C1CCc2cc(OC(F)(F)F)ccc2N1. The minimum atomic E-state index is -4.69. The molecule has 16 heavy (non-hydrogen) atoms. The molecule has 86 valence electrons. The van der Waals surface area contributed by atoms with Crippen molar-refractivity contribution in [1.29, 1.82) is 0 Å². The number of aryl methyl sites for hydroxylation is 1. The van der Waals surface area contributed by atoms with E-state index in [2.05, 4.69) is 10.1 Å². The zero-order valence-corrected chi connectivity index (χ0v) is 8.10. The standard InChI is InChI=1S/C10H8F3NO2/c11-10(12,13)16-7-2-3-8-6(5-7)1-4-9(15)14-8/h2-3,5H,1,4H2,(H,14,15). The largest absolute Gasteiger partial charge is 0.573 e. The van der Waals surface area contributed by atoms with E-state index in [-0.39, 0.29) is 18.1 Å². The summed E-state index contributed by atoms with van der Waals surface area (Å²) in [5.41, 5.74) is 1.20. The van der Waals surface area contributed by atoms with Crippen LogP contribution < -0.4 is 10.1 Å². The number of carbonyl (C=O) groups is 1. The number of ether oxygens (including phenoxy) is 1. The normalized spacial score (nSPS) is 15.3. The van der Waals surface area contributed by atoms with Crippen molar-refractivity contribution in [3.8, 4) is 5.75 Å². The van der Waals surface area contributed by atoms with E-state index in [1.807, 2.05) is 0 Å². The van der Waals surface area contributed by atoms with Crippen molar-refractivity contribution in [1.82, 2.24) is 0 Å². The van der Waals surface area contributed by atoms with E-state index in [9.17, 15) is 18.0 Å². The Morgan fingerprint density at radius 3 is 2.69 bits per heavy atom. The van der Waals surface area contributed by atoms with Gasteiger partial charge in [-0.05, 0) is 30.2 Å². The molecule has 0 radical (unpaired) electrons. The molecule has 6 heteroatoms. The highest BCUT2D eigenvalue weighted by Crippen LogP contribution is 2.29. The summed E-state index contributed by atoms with van der Waals surface area (Å²) in [5.74, 6) is -0.389. The van der Waals surface area contributed by atoms with E-state index in [4.69, 9.17) is 0 Å². The zero-order valence-electron chi connectivity index (χ0n) is 8.10. The molecule has 0 aromatic heterocycles. The first-order valence-corrected chi connectivity index (χ1v) is 4.62. The third kappa shape index (κ3) is 2.44. The number of rotatable bonds is 1. The molecule has 0 aliphatic carbocycles. The lowest BCUT2D eigenvalue weighted by atomic mass is 10.0. The predicted molar refractivity (Wildman–Crippen MR) is 50.1 cm³/mol. The van der Waals surface area contributed by atoms with Crippen LogP contribution >= 0.6 is 0 Å². The molecule has 0 unspecified atom stereocenters. The molecule has 0 bridgehead atoms. The van der Waals surface area contributed by atoms with Gasteiger partial charge in [0, 0.05) is 12.1 Å². The minimum absolute atomic E-state index is 0.128. The molecule has 1 amide bonds. The van der Waals surface area contributed by atoms with Crippen LogP contribution in [0.4, 0.5) is 18.9 Å². The average molecular weight is 231 g/mol. The fourth-order valence-electron chi connectivity index (χ4n) is 1.56. The molecule has 2 rings (SSSR count). The number of fused-ring (bicyclic) bond motifs is 1. The van der Waals surface area contributed by atoms with Crippen LogP contribution in [0, 0.1) is 0 Å². The van der Waals surface area contributed by atoms with Gasteiger partial charge in [-0.2, -0.15) is 0 Å². The zero-order chi connectivity index (χ0) is 11.8. The lowest BCUT2D eigenvalue weighted by Gasteiger charge is -2.18. The first-order valence-electron chi connectivity index (χ1n) is 4.62. The molecular formula is C10H8F3NO2. The highest BCUT2D eigenvalue weighted by atomic mass is 19.4. The number of nitrogens with one attached hydrogen (secondary N) is 1. The van der Waals surface area contributed by atoms with E-state index < -0.39 is 6.36 Å². The molecule has 1 N–H and O–H groups in total. The smallest absolute Gasteiger partial charge is 0.406 e. The highest BCUT2D eigenvalue weighted by Gasteiger charge is 2.31. The van der Waals surface area contributed by atoms with Gasteiger partial charge in [-0.25, -0.2) is 0 Å².